The topological polar surface area (TPSA) is 85.5 Å². The summed E-state index contributed by atoms with van der Waals surface area (Å²) < 4.78 is 10.3. The van der Waals surface area contributed by atoms with E-state index in [4.69, 9.17) is 37.9 Å². The van der Waals surface area contributed by atoms with Gasteiger partial charge < -0.3 is 23.7 Å². The molecule has 200 valence electrons. The Balaban J connectivity index is 1.33. The molecule has 9 nitrogen and oxygen atoms in total. The van der Waals surface area contributed by atoms with Crippen molar-refractivity contribution in [2.24, 2.45) is 0 Å². The van der Waals surface area contributed by atoms with E-state index in [1.54, 1.807) is 60.8 Å². The van der Waals surface area contributed by atoms with Gasteiger partial charge in [-0.1, -0.05) is 23.2 Å². The fourth-order valence-corrected chi connectivity index (χ4v) is 5.75. The third-order valence-corrected chi connectivity index (χ3v) is 7.81. The predicted molar refractivity (Wildman–Crippen MR) is 147 cm³/mol. The summed E-state index contributed by atoms with van der Waals surface area (Å²) in [6.45, 7) is 4.62. The maximum absolute atomic E-state index is 13.0. The molecule has 2 unspecified atom stereocenters. The largest absolute Gasteiger partial charge is 0.363 e. The molecule has 2 aromatic carbocycles. The summed E-state index contributed by atoms with van der Waals surface area (Å²) in [7, 11) is 3.52. The molecule has 2 aliphatic heterocycles. The molecule has 11 heteroatoms. The van der Waals surface area contributed by atoms with E-state index >= 15 is 0 Å². The van der Waals surface area contributed by atoms with E-state index in [9.17, 15) is 9.59 Å². The molecule has 2 atom stereocenters. The summed E-state index contributed by atoms with van der Waals surface area (Å²) in [5.41, 5.74) is 5.72. The van der Waals surface area contributed by atoms with Crippen LogP contribution in [0.25, 0.3) is 11.4 Å². The van der Waals surface area contributed by atoms with Crippen LogP contribution in [0, 0.1) is 0 Å². The maximum atomic E-state index is 13.0. The number of fused-ring (bicyclic) bond motifs is 6. The van der Waals surface area contributed by atoms with Gasteiger partial charge in [-0.15, -0.1) is 0 Å². The molecule has 0 fully saturated rings. The number of hydrogen-bond acceptors (Lipinski definition) is 5. The molecule has 0 saturated carbocycles. The molecule has 2 aromatic heterocycles. The highest BCUT2D eigenvalue weighted by atomic mass is 35.5. The summed E-state index contributed by atoms with van der Waals surface area (Å²) in [6, 6.07) is 10.6. The first kappa shape index (κ1) is 25.6. The maximum Gasteiger partial charge on any atom is 0.256 e. The third kappa shape index (κ3) is 4.21. The Kier molecular flexibility index (Phi) is 6.25. The van der Waals surface area contributed by atoms with E-state index in [1.165, 1.54) is 0 Å². The highest BCUT2D eigenvalue weighted by molar-refractivity contribution is 6.31. The average molecular weight is 565 g/mol. The predicted octanol–water partition coefficient (Wildman–Crippen LogP) is 5.37. The first-order chi connectivity index (χ1) is 18.6. The number of rotatable bonds is 4. The first-order valence-electron chi connectivity index (χ1n) is 12.5. The van der Waals surface area contributed by atoms with E-state index in [0.717, 1.165) is 34.2 Å². The van der Waals surface area contributed by atoms with Crippen LogP contribution >= 0.6 is 23.2 Å². The number of benzene rings is 2. The number of ether oxygens (including phenoxy) is 1. The van der Waals surface area contributed by atoms with Crippen LogP contribution in [0.15, 0.2) is 49.1 Å². The van der Waals surface area contributed by atoms with Crippen LogP contribution in [0.3, 0.4) is 0 Å². The Bertz CT molecular complexity index is 1520. The Hall–Kier alpha value is -3.66. The Morgan fingerprint density at radius 1 is 0.744 bits per heavy atom. The highest BCUT2D eigenvalue weighted by Crippen LogP contribution is 2.35. The monoisotopic (exact) mass is 564 g/mol. The second-order valence-electron chi connectivity index (χ2n) is 9.96. The van der Waals surface area contributed by atoms with Crippen LogP contribution in [-0.4, -0.2) is 54.8 Å². The van der Waals surface area contributed by atoms with E-state index in [-0.39, 0.29) is 11.8 Å². The lowest BCUT2D eigenvalue weighted by atomic mass is 10.1. The van der Waals surface area contributed by atoms with Crippen LogP contribution in [0.5, 0.6) is 0 Å². The number of hydrogen-bond donors (Lipinski definition) is 0. The Morgan fingerprint density at radius 3 is 1.56 bits per heavy atom. The first-order valence-corrected chi connectivity index (χ1v) is 13.3. The van der Waals surface area contributed by atoms with Crippen molar-refractivity contribution in [2.75, 3.05) is 14.1 Å². The molecule has 0 bridgehead atoms. The standard InChI is InChI=1S/C28H26Cl2N6O3/c1-15(25-23-11-33(3)27(37)19-9-17(29)5-7-21(19)35(23)13-31-25)39-16(2)26-24-12-34(4)28(38)20-10-18(30)6-8-22(20)36(24)14-32-26/h5-10,13-16H,11-12H2,1-4H3. The number of imidazole rings is 2. The van der Waals surface area contributed by atoms with Crippen molar-refractivity contribution >= 4 is 35.0 Å². The number of aromatic nitrogens is 4. The van der Waals surface area contributed by atoms with Gasteiger partial charge in [-0.2, -0.15) is 0 Å². The van der Waals surface area contributed by atoms with Gasteiger partial charge in [0.2, 0.25) is 0 Å². The summed E-state index contributed by atoms with van der Waals surface area (Å²) in [6.07, 6.45) is 2.64. The minimum absolute atomic E-state index is 0.106. The van der Waals surface area contributed by atoms with E-state index < -0.39 is 12.2 Å². The van der Waals surface area contributed by atoms with Crippen LogP contribution in [-0.2, 0) is 17.8 Å². The van der Waals surface area contributed by atoms with Crippen LogP contribution in [0.1, 0.15) is 69.5 Å². The normalized spacial score (nSPS) is 16.2. The summed E-state index contributed by atoms with van der Waals surface area (Å²) in [5, 5.41) is 1.00. The van der Waals surface area contributed by atoms with Crippen molar-refractivity contribution in [1.29, 1.82) is 0 Å². The van der Waals surface area contributed by atoms with Crippen molar-refractivity contribution in [1.82, 2.24) is 28.9 Å². The zero-order chi connectivity index (χ0) is 27.6. The van der Waals surface area contributed by atoms with Gasteiger partial charge in [-0.3, -0.25) is 9.59 Å². The van der Waals surface area contributed by atoms with Gasteiger partial charge in [0.05, 0.1) is 83.2 Å². The second kappa shape index (κ2) is 9.51. The summed E-state index contributed by atoms with van der Waals surface area (Å²) >= 11 is 12.4. The van der Waals surface area contributed by atoms with Crippen molar-refractivity contribution in [3.8, 4) is 11.4 Å². The summed E-state index contributed by atoms with van der Waals surface area (Å²) in [4.78, 5) is 38.8. The number of carbonyl (C=O) groups is 2. The lowest BCUT2D eigenvalue weighted by molar-refractivity contribution is 0.000148. The molecular formula is C28H26Cl2N6O3. The fourth-order valence-electron chi connectivity index (χ4n) is 5.40. The highest BCUT2D eigenvalue weighted by Gasteiger charge is 2.31. The molecule has 0 radical (unpaired) electrons. The lowest BCUT2D eigenvalue weighted by Gasteiger charge is -2.21. The number of carbonyl (C=O) groups excluding carboxylic acids is 2. The molecular weight excluding hydrogens is 539 g/mol. The molecule has 0 N–H and O–H groups in total. The third-order valence-electron chi connectivity index (χ3n) is 7.34. The molecule has 0 aliphatic carbocycles. The van der Waals surface area contributed by atoms with Crippen molar-refractivity contribution < 1.29 is 14.3 Å². The van der Waals surface area contributed by atoms with E-state index in [2.05, 4.69) is 0 Å². The minimum atomic E-state index is -0.401. The van der Waals surface area contributed by atoms with Crippen molar-refractivity contribution in [2.45, 2.75) is 39.1 Å². The van der Waals surface area contributed by atoms with Gasteiger partial charge in [-0.25, -0.2) is 9.97 Å². The van der Waals surface area contributed by atoms with Crippen LogP contribution in [0.2, 0.25) is 10.0 Å². The van der Waals surface area contributed by atoms with Gasteiger partial charge in [0.25, 0.3) is 11.8 Å². The molecule has 0 spiro atoms. The zero-order valence-corrected chi connectivity index (χ0v) is 23.4. The molecule has 4 aromatic rings. The van der Waals surface area contributed by atoms with Gasteiger partial charge in [0.1, 0.15) is 0 Å². The molecule has 4 heterocycles. The van der Waals surface area contributed by atoms with E-state index in [0.29, 0.717) is 34.3 Å². The van der Waals surface area contributed by atoms with Gasteiger partial charge >= 0.3 is 0 Å². The molecule has 2 amide bonds. The quantitative estimate of drug-likeness (QED) is 0.332. The second-order valence-corrected chi connectivity index (χ2v) is 10.8. The number of amides is 2. The Morgan fingerprint density at radius 2 is 1.15 bits per heavy atom. The van der Waals surface area contributed by atoms with Crippen molar-refractivity contribution in [3.63, 3.8) is 0 Å². The molecule has 2 aliphatic rings. The average Bonchev–Trinajstić information content (AvgIpc) is 3.47. The minimum Gasteiger partial charge on any atom is -0.363 e. The SMILES string of the molecule is CC(OC(C)c1ncn2c1CN(C)C(=O)c1cc(Cl)ccc1-2)c1ncn2c1CN(C)C(=O)c1cc(Cl)ccc1-2. The van der Waals surface area contributed by atoms with Crippen LogP contribution in [0.4, 0.5) is 0 Å². The van der Waals surface area contributed by atoms with E-state index in [1.807, 2.05) is 35.1 Å². The zero-order valence-electron chi connectivity index (χ0n) is 21.9. The van der Waals surface area contributed by atoms with Gasteiger partial charge in [0.15, 0.2) is 0 Å². The molecule has 6 rings (SSSR count). The number of halogens is 2. The lowest BCUT2D eigenvalue weighted by Crippen LogP contribution is -2.26. The smallest absolute Gasteiger partial charge is 0.256 e. The van der Waals surface area contributed by atoms with Crippen LogP contribution < -0.4 is 0 Å². The van der Waals surface area contributed by atoms with Gasteiger partial charge in [-0.05, 0) is 50.2 Å². The molecule has 39 heavy (non-hydrogen) atoms. The Labute approximate surface area is 235 Å². The fraction of sp³-hybridized carbons (Fsp3) is 0.286. The van der Waals surface area contributed by atoms with Crippen molar-refractivity contribution in [3.05, 3.63) is 93.0 Å². The summed E-state index contributed by atoms with van der Waals surface area (Å²) in [5.74, 6) is -0.213. The number of nitrogens with zero attached hydrogens (tertiary/aromatic N) is 6. The molecule has 0 saturated heterocycles. The van der Waals surface area contributed by atoms with Gasteiger partial charge in [0, 0.05) is 24.1 Å².